The van der Waals surface area contributed by atoms with Crippen LogP contribution in [-0.2, 0) is 21.6 Å². The first-order valence-electron chi connectivity index (χ1n) is 10.7. The average Bonchev–Trinajstić information content (AvgIpc) is 3.54. The van der Waals surface area contributed by atoms with E-state index in [2.05, 4.69) is 15.3 Å². The molecule has 1 aromatic carbocycles. The van der Waals surface area contributed by atoms with Gasteiger partial charge in [-0.25, -0.2) is 14.4 Å². The van der Waals surface area contributed by atoms with Gasteiger partial charge in [0.25, 0.3) is 0 Å². The zero-order chi connectivity index (χ0) is 21.8. The summed E-state index contributed by atoms with van der Waals surface area (Å²) in [6.45, 7) is 5.67. The molecule has 1 aromatic heterocycles. The quantitative estimate of drug-likeness (QED) is 0.758. The molecule has 0 bridgehead atoms. The van der Waals surface area contributed by atoms with Gasteiger partial charge in [0, 0.05) is 25.2 Å². The van der Waals surface area contributed by atoms with Gasteiger partial charge in [-0.1, -0.05) is 0 Å². The second-order valence-electron chi connectivity index (χ2n) is 8.76. The lowest BCUT2D eigenvalue weighted by atomic mass is 9.87. The maximum absolute atomic E-state index is 15.1. The summed E-state index contributed by atoms with van der Waals surface area (Å²) in [7, 11) is 0. The molecule has 3 heterocycles. The number of amides is 1. The SMILES string of the molecule is CC1(C)C(=O)N(c2ccc(N3CCOCC3)c(F)c2)c2nc(CO)nc(NC3CC3)c21. The molecule has 164 valence electrons. The third-order valence-electron chi connectivity index (χ3n) is 6.11. The lowest BCUT2D eigenvalue weighted by Gasteiger charge is -2.29. The maximum atomic E-state index is 15.1. The Morgan fingerprint density at radius 3 is 2.65 bits per heavy atom. The topological polar surface area (TPSA) is 90.8 Å². The number of halogens is 1. The molecule has 1 amide bonds. The van der Waals surface area contributed by atoms with E-state index < -0.39 is 11.2 Å². The number of aliphatic hydroxyl groups excluding tert-OH is 1. The van der Waals surface area contributed by atoms with Crippen LogP contribution >= 0.6 is 0 Å². The third kappa shape index (κ3) is 3.41. The smallest absolute Gasteiger partial charge is 0.243 e. The van der Waals surface area contributed by atoms with Crippen LogP contribution in [0.4, 0.5) is 27.4 Å². The van der Waals surface area contributed by atoms with Crippen LogP contribution in [0.2, 0.25) is 0 Å². The van der Waals surface area contributed by atoms with Gasteiger partial charge in [-0.15, -0.1) is 0 Å². The number of fused-ring (bicyclic) bond motifs is 1. The Labute approximate surface area is 180 Å². The number of carbonyl (C=O) groups excluding carboxylic acids is 1. The first-order valence-corrected chi connectivity index (χ1v) is 10.7. The van der Waals surface area contributed by atoms with Crippen LogP contribution in [0.25, 0.3) is 0 Å². The van der Waals surface area contributed by atoms with E-state index in [0.29, 0.717) is 60.9 Å². The maximum Gasteiger partial charge on any atom is 0.243 e. The molecule has 2 N–H and O–H groups in total. The highest BCUT2D eigenvalue weighted by Gasteiger charge is 2.49. The Morgan fingerprint density at radius 2 is 2.00 bits per heavy atom. The Hall–Kier alpha value is -2.78. The molecule has 2 aliphatic heterocycles. The number of hydrogen-bond donors (Lipinski definition) is 2. The van der Waals surface area contributed by atoms with Crippen LogP contribution in [0.15, 0.2) is 18.2 Å². The van der Waals surface area contributed by atoms with Gasteiger partial charge in [-0.3, -0.25) is 9.69 Å². The lowest BCUT2D eigenvalue weighted by Crippen LogP contribution is -2.37. The fraction of sp³-hybridized carbons (Fsp3) is 0.500. The lowest BCUT2D eigenvalue weighted by molar-refractivity contribution is -0.121. The summed E-state index contributed by atoms with van der Waals surface area (Å²) in [4.78, 5) is 25.8. The van der Waals surface area contributed by atoms with Gasteiger partial charge < -0.3 is 20.1 Å². The highest BCUT2D eigenvalue weighted by Crippen LogP contribution is 2.48. The fourth-order valence-corrected chi connectivity index (χ4v) is 4.25. The minimum absolute atomic E-state index is 0.204. The second kappa shape index (κ2) is 7.42. The Morgan fingerprint density at radius 1 is 1.26 bits per heavy atom. The number of aromatic nitrogens is 2. The summed E-state index contributed by atoms with van der Waals surface area (Å²) in [6.07, 6.45) is 2.08. The van der Waals surface area contributed by atoms with Gasteiger partial charge in [0.2, 0.25) is 5.91 Å². The van der Waals surface area contributed by atoms with Crippen LogP contribution < -0.4 is 15.1 Å². The summed E-state index contributed by atoms with van der Waals surface area (Å²) in [5, 5.41) is 13.1. The predicted octanol–water partition coefficient (Wildman–Crippen LogP) is 2.47. The molecule has 31 heavy (non-hydrogen) atoms. The summed E-state index contributed by atoms with van der Waals surface area (Å²) < 4.78 is 20.4. The van der Waals surface area contributed by atoms with E-state index in [1.807, 2.05) is 18.7 Å². The summed E-state index contributed by atoms with van der Waals surface area (Å²) in [5.41, 5.74) is 0.693. The van der Waals surface area contributed by atoms with Crippen LogP contribution in [0, 0.1) is 5.82 Å². The van der Waals surface area contributed by atoms with Crippen LogP contribution in [0.5, 0.6) is 0 Å². The Bertz CT molecular complexity index is 1030. The molecule has 2 fully saturated rings. The second-order valence-corrected chi connectivity index (χ2v) is 8.76. The summed E-state index contributed by atoms with van der Waals surface area (Å²) in [5.74, 6) is 0.594. The summed E-state index contributed by atoms with van der Waals surface area (Å²) in [6, 6.07) is 5.13. The molecule has 0 unspecified atom stereocenters. The number of rotatable bonds is 5. The van der Waals surface area contributed by atoms with Crippen molar-refractivity contribution in [2.75, 3.05) is 41.4 Å². The number of benzene rings is 1. The van der Waals surface area contributed by atoms with Crippen molar-refractivity contribution in [3.05, 3.63) is 35.4 Å². The third-order valence-corrected chi connectivity index (χ3v) is 6.11. The molecule has 3 aliphatic rings. The molecule has 1 saturated heterocycles. The number of carbonyl (C=O) groups is 1. The molecular formula is C22H26FN5O3. The largest absolute Gasteiger partial charge is 0.388 e. The van der Waals surface area contributed by atoms with Crippen molar-refractivity contribution in [1.82, 2.24) is 9.97 Å². The molecule has 1 aliphatic carbocycles. The number of anilines is 4. The van der Waals surface area contributed by atoms with E-state index in [1.54, 1.807) is 12.1 Å². The number of nitrogens with one attached hydrogen (secondary N) is 1. The number of hydrogen-bond acceptors (Lipinski definition) is 7. The highest BCUT2D eigenvalue weighted by molar-refractivity contribution is 6.12. The molecule has 5 rings (SSSR count). The highest BCUT2D eigenvalue weighted by atomic mass is 19.1. The van der Waals surface area contributed by atoms with Crippen molar-refractivity contribution < 1.29 is 19.0 Å². The number of aliphatic hydroxyl groups is 1. The molecule has 9 heteroatoms. The molecule has 8 nitrogen and oxygen atoms in total. The van der Waals surface area contributed by atoms with E-state index in [4.69, 9.17) is 4.74 Å². The van der Waals surface area contributed by atoms with Gasteiger partial charge in [-0.2, -0.15) is 0 Å². The van der Waals surface area contributed by atoms with Crippen molar-refractivity contribution in [2.45, 2.75) is 44.8 Å². The fourth-order valence-electron chi connectivity index (χ4n) is 4.25. The van der Waals surface area contributed by atoms with E-state index in [0.717, 1.165) is 12.8 Å². The van der Waals surface area contributed by atoms with Gasteiger partial charge in [0.15, 0.2) is 5.82 Å². The molecule has 1 saturated carbocycles. The molecular weight excluding hydrogens is 401 g/mol. The monoisotopic (exact) mass is 427 g/mol. The Balaban J connectivity index is 1.58. The van der Waals surface area contributed by atoms with Gasteiger partial charge in [0.05, 0.1) is 35.6 Å². The van der Waals surface area contributed by atoms with E-state index in [-0.39, 0.29) is 18.3 Å². The Kier molecular flexibility index (Phi) is 4.82. The van der Waals surface area contributed by atoms with Crippen molar-refractivity contribution in [2.24, 2.45) is 0 Å². The predicted molar refractivity (Wildman–Crippen MR) is 114 cm³/mol. The van der Waals surface area contributed by atoms with Crippen LogP contribution in [0.1, 0.15) is 38.1 Å². The first-order chi connectivity index (χ1) is 14.9. The van der Waals surface area contributed by atoms with Gasteiger partial charge in [0.1, 0.15) is 24.1 Å². The molecule has 0 radical (unpaired) electrons. The van der Waals surface area contributed by atoms with Crippen molar-refractivity contribution in [1.29, 1.82) is 0 Å². The van der Waals surface area contributed by atoms with Crippen LogP contribution in [-0.4, -0.2) is 53.3 Å². The molecule has 2 aromatic rings. The van der Waals surface area contributed by atoms with Crippen molar-refractivity contribution >= 4 is 28.9 Å². The zero-order valence-electron chi connectivity index (χ0n) is 17.7. The normalized spacial score (nSPS) is 20.2. The van der Waals surface area contributed by atoms with E-state index in [9.17, 15) is 9.90 Å². The molecule has 0 spiro atoms. The van der Waals surface area contributed by atoms with E-state index in [1.165, 1.54) is 11.0 Å². The van der Waals surface area contributed by atoms with Crippen molar-refractivity contribution in [3.63, 3.8) is 0 Å². The number of ether oxygens (including phenoxy) is 1. The van der Waals surface area contributed by atoms with Gasteiger partial charge in [-0.05, 0) is 38.8 Å². The van der Waals surface area contributed by atoms with Gasteiger partial charge >= 0.3 is 0 Å². The number of nitrogens with zero attached hydrogens (tertiary/aromatic N) is 4. The average molecular weight is 427 g/mol. The number of morpholine rings is 1. The van der Waals surface area contributed by atoms with Crippen LogP contribution in [0.3, 0.4) is 0 Å². The first kappa shape index (κ1) is 20.1. The summed E-state index contributed by atoms with van der Waals surface area (Å²) >= 11 is 0. The standard InChI is InChI=1S/C22H26FN5O3/c1-22(2)18-19(24-13-3-4-13)25-17(12-29)26-20(18)28(21(22)30)14-5-6-16(15(23)11-14)27-7-9-31-10-8-27/h5-6,11,13,29H,3-4,7-10,12H2,1-2H3,(H,24,25,26). The minimum Gasteiger partial charge on any atom is -0.388 e. The van der Waals surface area contributed by atoms with E-state index >= 15 is 4.39 Å². The molecule has 0 atom stereocenters. The minimum atomic E-state index is -0.889. The zero-order valence-corrected chi connectivity index (χ0v) is 17.7. The van der Waals surface area contributed by atoms with Crippen molar-refractivity contribution in [3.8, 4) is 0 Å².